The molecule has 0 aromatic rings. The second-order valence-electron chi connectivity index (χ2n) is 2.57. The van der Waals surface area contributed by atoms with Crippen LogP contribution in [0.5, 0.6) is 0 Å². The summed E-state index contributed by atoms with van der Waals surface area (Å²) in [6, 6.07) is 0. The second kappa shape index (κ2) is 2.97. The van der Waals surface area contributed by atoms with E-state index in [1.54, 1.807) is 6.92 Å². The number of likely N-dealkylation sites (tertiary alicyclic amines) is 1. The summed E-state index contributed by atoms with van der Waals surface area (Å²) in [5.41, 5.74) is 0. The van der Waals surface area contributed by atoms with E-state index < -0.39 is 0 Å². The van der Waals surface area contributed by atoms with Gasteiger partial charge in [-0.3, -0.25) is 0 Å². The van der Waals surface area contributed by atoms with Crippen LogP contribution in [0.15, 0.2) is 0 Å². The molecule has 2 heteroatoms. The van der Waals surface area contributed by atoms with E-state index in [4.69, 9.17) is 0 Å². The van der Waals surface area contributed by atoms with Gasteiger partial charge in [0.25, 0.3) is 0 Å². The monoisotopic (exact) mass is 127 g/mol. The van der Waals surface area contributed by atoms with Gasteiger partial charge in [-0.2, -0.15) is 0 Å². The molecule has 1 radical (unpaired) electrons. The standard InChI is InChI=1S/C7H13NO/c1-7(9)8-5-3-2-4-6-8/h2-6H2,1H3/q+1. The first-order valence-electron chi connectivity index (χ1n) is 3.56. The number of piperidine rings is 1. The van der Waals surface area contributed by atoms with Crippen molar-refractivity contribution in [1.82, 2.24) is 4.90 Å². The van der Waals surface area contributed by atoms with Gasteiger partial charge >= 0.3 is 5.91 Å². The minimum Gasteiger partial charge on any atom is -0.226 e. The highest BCUT2D eigenvalue weighted by Crippen LogP contribution is 2.05. The summed E-state index contributed by atoms with van der Waals surface area (Å²) in [5, 5.41) is 0. The Hall–Kier alpha value is -0.370. The number of hydrogen-bond donors (Lipinski definition) is 0. The Bertz CT molecular complexity index is 105. The van der Waals surface area contributed by atoms with Gasteiger partial charge in [0.2, 0.25) is 0 Å². The summed E-state index contributed by atoms with van der Waals surface area (Å²) in [6.45, 7) is 3.61. The van der Waals surface area contributed by atoms with Crippen LogP contribution in [0.1, 0.15) is 26.2 Å². The molecule has 1 aliphatic rings. The van der Waals surface area contributed by atoms with Gasteiger partial charge in [0.15, 0.2) is 0 Å². The lowest BCUT2D eigenvalue weighted by Gasteiger charge is -2.12. The predicted molar refractivity (Wildman–Crippen MR) is 36.4 cm³/mol. The first-order valence-corrected chi connectivity index (χ1v) is 3.56. The molecule has 1 aliphatic heterocycles. The molecule has 0 aromatic carbocycles. The molecule has 0 saturated carbocycles. The molecule has 51 valence electrons. The molecule has 0 atom stereocenters. The van der Waals surface area contributed by atoms with Crippen LogP contribution in [-0.2, 0) is 4.79 Å². The van der Waals surface area contributed by atoms with Gasteiger partial charge in [-0.05, 0) is 6.42 Å². The molecule has 0 bridgehead atoms. The molecule has 1 amide bonds. The van der Waals surface area contributed by atoms with E-state index in [9.17, 15) is 4.79 Å². The lowest BCUT2D eigenvalue weighted by atomic mass is 10.1. The van der Waals surface area contributed by atoms with E-state index in [-0.39, 0.29) is 5.91 Å². The van der Waals surface area contributed by atoms with Gasteiger partial charge in [0.1, 0.15) is 13.1 Å². The average Bonchev–Trinajstić information content (AvgIpc) is 1.90. The third-order valence-electron chi connectivity index (χ3n) is 1.80. The van der Waals surface area contributed by atoms with E-state index in [0.717, 1.165) is 13.1 Å². The van der Waals surface area contributed by atoms with Crippen molar-refractivity contribution >= 4 is 5.91 Å². The normalized spacial score (nSPS) is 21.9. The van der Waals surface area contributed by atoms with Crippen LogP contribution in [0.25, 0.3) is 0 Å². The van der Waals surface area contributed by atoms with Gasteiger partial charge < -0.3 is 0 Å². The highest BCUT2D eigenvalue weighted by atomic mass is 16.2. The zero-order valence-corrected chi connectivity index (χ0v) is 5.89. The third-order valence-corrected chi connectivity index (χ3v) is 1.80. The number of carbonyl (C=O) groups excluding carboxylic acids is 1. The maximum Gasteiger partial charge on any atom is 0.357 e. The van der Waals surface area contributed by atoms with Gasteiger partial charge in [-0.15, -0.1) is 4.90 Å². The summed E-state index contributed by atoms with van der Waals surface area (Å²) >= 11 is 0. The quantitative estimate of drug-likeness (QED) is 0.442. The Morgan fingerprint density at radius 1 is 1.22 bits per heavy atom. The van der Waals surface area contributed by atoms with Crippen LogP contribution in [0.4, 0.5) is 0 Å². The van der Waals surface area contributed by atoms with Crippen molar-refractivity contribution in [3.63, 3.8) is 0 Å². The molecule has 1 fully saturated rings. The van der Waals surface area contributed by atoms with Crippen molar-refractivity contribution in [2.75, 3.05) is 13.1 Å². The van der Waals surface area contributed by atoms with Crippen molar-refractivity contribution in [3.8, 4) is 0 Å². The maximum atomic E-state index is 10.7. The van der Waals surface area contributed by atoms with Crippen LogP contribution in [0.3, 0.4) is 0 Å². The molecule has 0 aromatic heterocycles. The lowest BCUT2D eigenvalue weighted by molar-refractivity contribution is -0.124. The first-order chi connectivity index (χ1) is 4.30. The minimum atomic E-state index is 0.231. The van der Waals surface area contributed by atoms with Crippen LogP contribution in [-0.4, -0.2) is 19.0 Å². The molecule has 1 saturated heterocycles. The maximum absolute atomic E-state index is 10.7. The third kappa shape index (κ3) is 1.79. The van der Waals surface area contributed by atoms with Crippen molar-refractivity contribution in [1.29, 1.82) is 0 Å². The number of nitrogens with zero attached hydrogens (tertiary/aromatic N) is 1. The highest BCUT2D eigenvalue weighted by molar-refractivity contribution is 5.75. The fourth-order valence-electron chi connectivity index (χ4n) is 1.21. The van der Waals surface area contributed by atoms with Gasteiger partial charge in [0, 0.05) is 12.8 Å². The molecule has 0 N–H and O–H groups in total. The number of hydrogen-bond acceptors (Lipinski definition) is 1. The Labute approximate surface area is 55.8 Å². The average molecular weight is 127 g/mol. The summed E-state index contributed by atoms with van der Waals surface area (Å²) in [6.07, 6.45) is 3.68. The summed E-state index contributed by atoms with van der Waals surface area (Å²) in [7, 11) is 0. The molecule has 2 nitrogen and oxygen atoms in total. The Kier molecular flexibility index (Phi) is 2.22. The van der Waals surface area contributed by atoms with Gasteiger partial charge in [0.05, 0.1) is 6.92 Å². The fourth-order valence-corrected chi connectivity index (χ4v) is 1.21. The van der Waals surface area contributed by atoms with E-state index in [0.29, 0.717) is 0 Å². The predicted octanol–water partition coefficient (Wildman–Crippen LogP) is 0.857. The van der Waals surface area contributed by atoms with Crippen LogP contribution < -0.4 is 4.90 Å². The SMILES string of the molecule is CC(=O)[N+]1CCCCC1. The zero-order valence-electron chi connectivity index (χ0n) is 5.89. The van der Waals surface area contributed by atoms with Crippen LogP contribution in [0, 0.1) is 0 Å². The van der Waals surface area contributed by atoms with Gasteiger partial charge in [-0.1, -0.05) is 0 Å². The summed E-state index contributed by atoms with van der Waals surface area (Å²) < 4.78 is 0. The Balaban J connectivity index is 2.31. The second-order valence-corrected chi connectivity index (χ2v) is 2.57. The zero-order chi connectivity index (χ0) is 6.69. The minimum absolute atomic E-state index is 0.231. The number of amides is 1. The van der Waals surface area contributed by atoms with Crippen molar-refractivity contribution in [2.45, 2.75) is 26.2 Å². The lowest BCUT2D eigenvalue weighted by Crippen LogP contribution is -2.39. The van der Waals surface area contributed by atoms with Crippen molar-refractivity contribution in [3.05, 3.63) is 0 Å². The van der Waals surface area contributed by atoms with E-state index >= 15 is 0 Å². The van der Waals surface area contributed by atoms with Crippen LogP contribution >= 0.6 is 0 Å². The highest BCUT2D eigenvalue weighted by Gasteiger charge is 2.23. The van der Waals surface area contributed by atoms with E-state index in [2.05, 4.69) is 0 Å². The Morgan fingerprint density at radius 2 is 1.78 bits per heavy atom. The first kappa shape index (κ1) is 6.75. The molecule has 0 spiro atoms. The summed E-state index contributed by atoms with van der Waals surface area (Å²) in [5.74, 6) is 0.231. The largest absolute Gasteiger partial charge is 0.357 e. The molecule has 0 aliphatic carbocycles. The van der Waals surface area contributed by atoms with Gasteiger partial charge in [-0.25, -0.2) is 4.79 Å². The molecule has 9 heavy (non-hydrogen) atoms. The molecule has 1 heterocycles. The molecule has 0 unspecified atom stereocenters. The van der Waals surface area contributed by atoms with Crippen LogP contribution in [0.2, 0.25) is 0 Å². The Morgan fingerprint density at radius 3 is 2.11 bits per heavy atom. The molecular formula is C7H13NO+. The van der Waals surface area contributed by atoms with Crippen molar-refractivity contribution in [2.24, 2.45) is 0 Å². The number of carbonyl (C=O) groups is 1. The number of rotatable bonds is 0. The summed E-state index contributed by atoms with van der Waals surface area (Å²) in [4.78, 5) is 12.6. The molecule has 1 rings (SSSR count). The van der Waals surface area contributed by atoms with Crippen molar-refractivity contribution < 1.29 is 4.79 Å². The van der Waals surface area contributed by atoms with E-state index in [1.807, 2.05) is 4.90 Å². The van der Waals surface area contributed by atoms with E-state index in [1.165, 1.54) is 19.3 Å². The topological polar surface area (TPSA) is 23.0 Å². The fraction of sp³-hybridized carbons (Fsp3) is 0.857. The molecular weight excluding hydrogens is 114 g/mol. The smallest absolute Gasteiger partial charge is 0.226 e.